The van der Waals surface area contributed by atoms with Crippen molar-refractivity contribution in [1.82, 2.24) is 14.5 Å². The van der Waals surface area contributed by atoms with E-state index in [0.717, 1.165) is 16.7 Å². The fraction of sp³-hybridized carbons (Fsp3) is 0.385. The molecule has 0 aliphatic heterocycles. The molecular formula is C13H17N5O2S. The Kier molecular flexibility index (Phi) is 4.69. The highest BCUT2D eigenvalue weighted by molar-refractivity contribution is 7.11. The Morgan fingerprint density at radius 3 is 2.90 bits per heavy atom. The molecule has 0 aliphatic rings. The van der Waals surface area contributed by atoms with Gasteiger partial charge in [0.15, 0.2) is 5.69 Å². The zero-order valence-corrected chi connectivity index (χ0v) is 13.0. The van der Waals surface area contributed by atoms with E-state index in [1.165, 1.54) is 24.6 Å². The van der Waals surface area contributed by atoms with Crippen molar-refractivity contribution in [2.75, 3.05) is 11.9 Å². The van der Waals surface area contributed by atoms with Crippen LogP contribution in [0.5, 0.6) is 0 Å². The molecule has 0 saturated carbocycles. The van der Waals surface area contributed by atoms with E-state index in [-0.39, 0.29) is 5.69 Å². The number of nitrogens with one attached hydrogen (secondary N) is 2. The summed E-state index contributed by atoms with van der Waals surface area (Å²) in [6, 6.07) is 0. The minimum atomic E-state index is -0.470. The summed E-state index contributed by atoms with van der Waals surface area (Å²) < 4.78 is 0.997. The lowest BCUT2D eigenvalue weighted by atomic mass is 10.4. The molecule has 2 aromatic heterocycles. The lowest BCUT2D eigenvalue weighted by molar-refractivity contribution is 0.776. The van der Waals surface area contributed by atoms with Crippen LogP contribution in [0.15, 0.2) is 20.0 Å². The van der Waals surface area contributed by atoms with Crippen LogP contribution < -0.4 is 16.6 Å². The number of aromatic nitrogens is 3. The molecule has 0 aromatic carbocycles. The van der Waals surface area contributed by atoms with Gasteiger partial charge in [0.2, 0.25) is 0 Å². The zero-order chi connectivity index (χ0) is 15.4. The van der Waals surface area contributed by atoms with Crippen LogP contribution in [0.25, 0.3) is 0 Å². The van der Waals surface area contributed by atoms with Gasteiger partial charge in [0, 0.05) is 24.7 Å². The van der Waals surface area contributed by atoms with Crippen molar-refractivity contribution in [2.24, 2.45) is 12.0 Å². The Balaban J connectivity index is 2.45. The van der Waals surface area contributed by atoms with Gasteiger partial charge < -0.3 is 5.32 Å². The van der Waals surface area contributed by atoms with E-state index < -0.39 is 11.2 Å². The third-order valence-corrected chi connectivity index (χ3v) is 3.67. The number of rotatable bonds is 5. The Morgan fingerprint density at radius 1 is 1.52 bits per heavy atom. The molecule has 0 atom stereocenters. The molecular weight excluding hydrogens is 290 g/mol. The van der Waals surface area contributed by atoms with Gasteiger partial charge in [-0.1, -0.05) is 6.92 Å². The van der Waals surface area contributed by atoms with Crippen LogP contribution in [0.4, 0.5) is 11.5 Å². The van der Waals surface area contributed by atoms with Crippen LogP contribution in [-0.4, -0.2) is 27.3 Å². The summed E-state index contributed by atoms with van der Waals surface area (Å²) in [7, 11) is 1.41. The van der Waals surface area contributed by atoms with Crippen molar-refractivity contribution in [3.63, 3.8) is 0 Å². The van der Waals surface area contributed by atoms with Gasteiger partial charge in [-0.2, -0.15) is 0 Å². The van der Waals surface area contributed by atoms with Gasteiger partial charge >= 0.3 is 5.69 Å². The SMILES string of the molecule is CCCNc1[nH]c(=O)n(C)c(=O)c1N=Cc1nc(C)cs1. The summed E-state index contributed by atoms with van der Waals surface area (Å²) in [6.45, 7) is 4.52. The van der Waals surface area contributed by atoms with E-state index in [1.54, 1.807) is 0 Å². The molecule has 7 nitrogen and oxygen atoms in total. The first-order valence-corrected chi connectivity index (χ1v) is 7.44. The van der Waals surface area contributed by atoms with Gasteiger partial charge in [-0.15, -0.1) is 11.3 Å². The van der Waals surface area contributed by atoms with Crippen LogP contribution in [0.1, 0.15) is 24.0 Å². The molecule has 2 heterocycles. The van der Waals surface area contributed by atoms with Crippen molar-refractivity contribution in [2.45, 2.75) is 20.3 Å². The number of aliphatic imine (C=N–C) groups is 1. The molecule has 0 bridgehead atoms. The molecule has 0 unspecified atom stereocenters. The summed E-state index contributed by atoms with van der Waals surface area (Å²) in [6.07, 6.45) is 2.40. The zero-order valence-electron chi connectivity index (χ0n) is 12.1. The average Bonchev–Trinajstić information content (AvgIpc) is 2.87. The quantitative estimate of drug-likeness (QED) is 0.817. The number of anilines is 1. The summed E-state index contributed by atoms with van der Waals surface area (Å²) in [5.41, 5.74) is 0.170. The van der Waals surface area contributed by atoms with E-state index in [0.29, 0.717) is 17.4 Å². The van der Waals surface area contributed by atoms with E-state index in [1.807, 2.05) is 19.2 Å². The molecule has 0 amide bonds. The van der Waals surface area contributed by atoms with Crippen LogP contribution in [0.3, 0.4) is 0 Å². The summed E-state index contributed by atoms with van der Waals surface area (Å²) >= 11 is 1.44. The van der Waals surface area contributed by atoms with Crippen molar-refractivity contribution in [3.05, 3.63) is 36.9 Å². The van der Waals surface area contributed by atoms with Crippen LogP contribution in [0.2, 0.25) is 0 Å². The maximum atomic E-state index is 12.2. The lowest BCUT2D eigenvalue weighted by Gasteiger charge is -2.08. The van der Waals surface area contributed by atoms with Gasteiger partial charge in [0.05, 0.1) is 6.21 Å². The number of aryl methyl sites for hydroxylation is 1. The van der Waals surface area contributed by atoms with Crippen molar-refractivity contribution in [3.8, 4) is 0 Å². The van der Waals surface area contributed by atoms with Gasteiger partial charge in [-0.05, 0) is 13.3 Å². The average molecular weight is 307 g/mol. The largest absolute Gasteiger partial charge is 0.370 e. The molecule has 2 aromatic rings. The molecule has 0 spiro atoms. The van der Waals surface area contributed by atoms with Gasteiger partial charge in [0.1, 0.15) is 10.8 Å². The molecule has 0 aliphatic carbocycles. The van der Waals surface area contributed by atoms with Crippen molar-refractivity contribution < 1.29 is 0 Å². The number of aromatic amines is 1. The van der Waals surface area contributed by atoms with Crippen molar-refractivity contribution in [1.29, 1.82) is 0 Å². The highest BCUT2D eigenvalue weighted by Crippen LogP contribution is 2.16. The Morgan fingerprint density at radius 2 is 2.29 bits per heavy atom. The molecule has 0 radical (unpaired) electrons. The first kappa shape index (κ1) is 15.2. The number of H-pyrrole nitrogens is 1. The molecule has 0 fully saturated rings. The van der Waals surface area contributed by atoms with Crippen molar-refractivity contribution >= 4 is 29.1 Å². The van der Waals surface area contributed by atoms with E-state index in [9.17, 15) is 9.59 Å². The van der Waals surface area contributed by atoms with E-state index >= 15 is 0 Å². The second-order valence-corrected chi connectivity index (χ2v) is 5.42. The predicted octanol–water partition coefficient (Wildman–Crippen LogP) is 1.41. The minimum Gasteiger partial charge on any atom is -0.370 e. The van der Waals surface area contributed by atoms with Crippen LogP contribution in [0, 0.1) is 6.92 Å². The summed E-state index contributed by atoms with van der Waals surface area (Å²) in [5.74, 6) is 0.342. The molecule has 2 N–H and O–H groups in total. The van der Waals surface area contributed by atoms with E-state index in [4.69, 9.17) is 0 Å². The van der Waals surface area contributed by atoms with Gasteiger partial charge in [-0.25, -0.2) is 14.8 Å². The highest BCUT2D eigenvalue weighted by atomic mass is 32.1. The summed E-state index contributed by atoms with van der Waals surface area (Å²) in [4.78, 5) is 34.9. The topological polar surface area (TPSA) is 92.1 Å². The first-order chi connectivity index (χ1) is 10.0. The number of thiazole rings is 1. The van der Waals surface area contributed by atoms with E-state index in [2.05, 4.69) is 20.3 Å². The predicted molar refractivity (Wildman–Crippen MR) is 85.2 cm³/mol. The molecule has 21 heavy (non-hydrogen) atoms. The fourth-order valence-corrected chi connectivity index (χ4v) is 2.31. The summed E-state index contributed by atoms with van der Waals surface area (Å²) in [5, 5.41) is 5.63. The molecule has 112 valence electrons. The number of nitrogens with zero attached hydrogens (tertiary/aromatic N) is 3. The number of hydrogen-bond acceptors (Lipinski definition) is 6. The standard InChI is InChI=1S/C13H17N5O2S/c1-4-5-14-11-10(12(19)18(3)13(20)17-11)15-6-9-16-8(2)7-21-9/h6-7,14H,4-5H2,1-3H3,(H,17,20). The van der Waals surface area contributed by atoms with Gasteiger partial charge in [0.25, 0.3) is 5.56 Å². The molecule has 2 rings (SSSR count). The third-order valence-electron chi connectivity index (χ3n) is 2.77. The van der Waals surface area contributed by atoms with Crippen LogP contribution >= 0.6 is 11.3 Å². The Labute approximate surface area is 125 Å². The monoisotopic (exact) mass is 307 g/mol. The first-order valence-electron chi connectivity index (χ1n) is 6.56. The molecule has 0 saturated heterocycles. The normalized spacial score (nSPS) is 11.2. The third kappa shape index (κ3) is 3.46. The second kappa shape index (κ2) is 6.49. The smallest absolute Gasteiger partial charge is 0.329 e. The van der Waals surface area contributed by atoms with Gasteiger partial charge in [-0.3, -0.25) is 14.3 Å². The Bertz CT molecular complexity index is 772. The maximum Gasteiger partial charge on any atom is 0.329 e. The number of hydrogen-bond donors (Lipinski definition) is 2. The maximum absolute atomic E-state index is 12.2. The highest BCUT2D eigenvalue weighted by Gasteiger charge is 2.10. The molecule has 8 heteroatoms. The minimum absolute atomic E-state index is 0.179. The second-order valence-electron chi connectivity index (χ2n) is 4.53. The lowest BCUT2D eigenvalue weighted by Crippen LogP contribution is -2.33. The fourth-order valence-electron chi connectivity index (χ4n) is 1.66. The van der Waals surface area contributed by atoms with Crippen LogP contribution in [-0.2, 0) is 7.05 Å². The Hall–Kier alpha value is -2.22.